The lowest BCUT2D eigenvalue weighted by molar-refractivity contribution is 0.283. The Morgan fingerprint density at radius 1 is 0.244 bits per heavy atom. The Labute approximate surface area is 451 Å². The molecular formula is C74H50O4. The van der Waals surface area contributed by atoms with Gasteiger partial charge in [-0.2, -0.15) is 0 Å². The van der Waals surface area contributed by atoms with E-state index in [1.807, 2.05) is 60.7 Å². The fraction of sp³-hybridized carbons (Fsp3) is 0.0270. The first-order valence-corrected chi connectivity index (χ1v) is 26.5. The zero-order valence-corrected chi connectivity index (χ0v) is 42.5. The third kappa shape index (κ3) is 8.28. The highest BCUT2D eigenvalue weighted by atomic mass is 16.5. The van der Waals surface area contributed by atoms with Crippen molar-refractivity contribution < 1.29 is 19.7 Å². The number of hydrogen-bond acceptors (Lipinski definition) is 4. The maximum Gasteiger partial charge on any atom is 0.143 e. The van der Waals surface area contributed by atoms with E-state index in [0.717, 1.165) is 110 Å². The number of aliphatic hydroxyl groups excluding tert-OH is 2. The largest absolute Gasteiger partial charge is 0.455 e. The van der Waals surface area contributed by atoms with Gasteiger partial charge >= 0.3 is 0 Å². The highest BCUT2D eigenvalue weighted by molar-refractivity contribution is 6.12. The second-order valence-corrected chi connectivity index (χ2v) is 20.0. The summed E-state index contributed by atoms with van der Waals surface area (Å²) in [6, 6.07) is 93.4. The van der Waals surface area contributed by atoms with E-state index in [9.17, 15) is 10.2 Å². The minimum atomic E-state index is -0.127. The zero-order valence-electron chi connectivity index (χ0n) is 42.5. The topological polar surface area (TPSA) is 58.9 Å². The van der Waals surface area contributed by atoms with Crippen LogP contribution in [0.2, 0.25) is 0 Å². The molecule has 0 aromatic heterocycles. The van der Waals surface area contributed by atoms with Gasteiger partial charge in [0.15, 0.2) is 0 Å². The van der Waals surface area contributed by atoms with Crippen molar-refractivity contribution in [2.45, 2.75) is 13.2 Å². The first-order valence-electron chi connectivity index (χ1n) is 26.5. The van der Waals surface area contributed by atoms with E-state index in [1.54, 1.807) is 0 Å². The van der Waals surface area contributed by atoms with Crippen LogP contribution in [0, 0.1) is 0 Å². The Hall–Kier alpha value is -9.84. The van der Waals surface area contributed by atoms with Crippen molar-refractivity contribution in [1.82, 2.24) is 0 Å². The van der Waals surface area contributed by atoms with Crippen molar-refractivity contribution in [1.29, 1.82) is 0 Å². The lowest BCUT2D eigenvalue weighted by atomic mass is 9.89. The minimum absolute atomic E-state index is 0.127. The maximum absolute atomic E-state index is 10.9. The van der Waals surface area contributed by atoms with Crippen LogP contribution in [0.15, 0.2) is 267 Å². The summed E-state index contributed by atoms with van der Waals surface area (Å²) in [5.74, 6) is 2.64. The van der Waals surface area contributed by atoms with Crippen LogP contribution < -0.4 is 9.47 Å². The molecule has 0 aliphatic carbocycles. The van der Waals surface area contributed by atoms with Gasteiger partial charge in [0.25, 0.3) is 0 Å². The lowest BCUT2D eigenvalue weighted by Crippen LogP contribution is -1.99. The molecule has 0 saturated carbocycles. The van der Waals surface area contributed by atoms with Crippen LogP contribution in [-0.4, -0.2) is 10.2 Å². The number of aliphatic hydroxyl groups is 2. The van der Waals surface area contributed by atoms with Crippen LogP contribution in [0.25, 0.3) is 120 Å². The third-order valence-corrected chi connectivity index (χ3v) is 15.5. The molecule has 0 saturated heterocycles. The Morgan fingerprint density at radius 3 is 0.987 bits per heavy atom. The van der Waals surface area contributed by atoms with E-state index < -0.39 is 0 Å². The molecule has 0 aliphatic heterocycles. The monoisotopic (exact) mass is 1000 g/mol. The van der Waals surface area contributed by atoms with Crippen LogP contribution in [0.4, 0.5) is 0 Å². The van der Waals surface area contributed by atoms with Gasteiger partial charge in [-0.15, -0.1) is 0 Å². The summed E-state index contributed by atoms with van der Waals surface area (Å²) < 4.78 is 15.3. The molecule has 14 rings (SSSR count). The van der Waals surface area contributed by atoms with Gasteiger partial charge in [-0.1, -0.05) is 218 Å². The molecule has 14 aromatic carbocycles. The number of fused-ring (bicyclic) bond motifs is 6. The average molecular weight is 1000 g/mol. The fourth-order valence-corrected chi connectivity index (χ4v) is 11.6. The number of rotatable bonds is 11. The first kappa shape index (κ1) is 46.7. The molecule has 4 nitrogen and oxygen atoms in total. The third-order valence-electron chi connectivity index (χ3n) is 15.5. The fourth-order valence-electron chi connectivity index (χ4n) is 11.6. The molecule has 78 heavy (non-hydrogen) atoms. The Kier molecular flexibility index (Phi) is 11.8. The molecule has 0 fully saturated rings. The number of ether oxygens (including phenoxy) is 2. The van der Waals surface area contributed by atoms with Crippen LogP contribution >= 0.6 is 0 Å². The van der Waals surface area contributed by atoms with Crippen molar-refractivity contribution in [2.24, 2.45) is 0 Å². The van der Waals surface area contributed by atoms with E-state index >= 15 is 0 Å². The van der Waals surface area contributed by atoms with Gasteiger partial charge < -0.3 is 19.7 Å². The summed E-state index contributed by atoms with van der Waals surface area (Å²) >= 11 is 0. The van der Waals surface area contributed by atoms with Gasteiger partial charge in [-0.25, -0.2) is 0 Å². The molecule has 370 valence electrons. The van der Waals surface area contributed by atoms with Gasteiger partial charge in [-0.05, 0) is 147 Å². The zero-order chi connectivity index (χ0) is 52.1. The van der Waals surface area contributed by atoms with E-state index in [0.29, 0.717) is 23.0 Å². The molecule has 0 unspecified atom stereocenters. The summed E-state index contributed by atoms with van der Waals surface area (Å²) in [7, 11) is 0. The molecular weight excluding hydrogens is 953 g/mol. The highest BCUT2D eigenvalue weighted by Gasteiger charge is 2.25. The average Bonchev–Trinajstić information content (AvgIpc) is 3.59. The van der Waals surface area contributed by atoms with E-state index in [4.69, 9.17) is 9.47 Å². The van der Waals surface area contributed by atoms with Gasteiger partial charge in [0.1, 0.15) is 23.0 Å². The second-order valence-electron chi connectivity index (χ2n) is 20.0. The summed E-state index contributed by atoms with van der Waals surface area (Å²) in [5.41, 5.74) is 11.5. The molecule has 0 amide bonds. The Morgan fingerprint density at radius 2 is 0.577 bits per heavy atom. The maximum atomic E-state index is 10.9. The van der Waals surface area contributed by atoms with Crippen molar-refractivity contribution in [2.75, 3.05) is 0 Å². The van der Waals surface area contributed by atoms with Gasteiger partial charge in [0.2, 0.25) is 0 Å². The Balaban J connectivity index is 1.07. The SMILES string of the molecule is OCc1cc(-c2ccccc2)c(Oc2ccc3cc(-c4ccc5ccccc5c4)ccc3c2-c2c(Oc3c(-c4ccccc4)cc(CO)c4ccccc34)ccc3cc(-c4ccc5ccccc5c4)ccc23)c2ccccc12. The second kappa shape index (κ2) is 19.7. The predicted octanol–water partition coefficient (Wildman–Crippen LogP) is 19.5. The van der Waals surface area contributed by atoms with E-state index in [2.05, 4.69) is 206 Å². The van der Waals surface area contributed by atoms with Crippen LogP contribution in [0.1, 0.15) is 11.1 Å². The summed E-state index contributed by atoms with van der Waals surface area (Å²) in [6.45, 7) is -0.254. The van der Waals surface area contributed by atoms with Crippen molar-refractivity contribution in [3.05, 3.63) is 278 Å². The van der Waals surface area contributed by atoms with Gasteiger partial charge in [0, 0.05) is 33.0 Å². The molecule has 0 aliphatic rings. The summed E-state index contributed by atoms with van der Waals surface area (Å²) in [4.78, 5) is 0. The van der Waals surface area contributed by atoms with Gasteiger partial charge in [-0.3, -0.25) is 0 Å². The number of hydrogen-bond donors (Lipinski definition) is 2. The molecule has 0 atom stereocenters. The van der Waals surface area contributed by atoms with Crippen molar-refractivity contribution in [3.63, 3.8) is 0 Å². The molecule has 0 bridgehead atoms. The van der Waals surface area contributed by atoms with Crippen molar-refractivity contribution >= 4 is 64.6 Å². The first-order chi connectivity index (χ1) is 38.6. The van der Waals surface area contributed by atoms with E-state index in [1.165, 1.54) is 21.5 Å². The molecule has 0 heterocycles. The van der Waals surface area contributed by atoms with Crippen LogP contribution in [0.5, 0.6) is 23.0 Å². The summed E-state index contributed by atoms with van der Waals surface area (Å²) in [5, 5.41) is 34.1. The Bertz CT molecular complexity index is 4340. The van der Waals surface area contributed by atoms with Crippen LogP contribution in [-0.2, 0) is 13.2 Å². The molecule has 4 heteroatoms. The molecule has 0 spiro atoms. The van der Waals surface area contributed by atoms with Crippen LogP contribution in [0.3, 0.4) is 0 Å². The highest BCUT2D eigenvalue weighted by Crippen LogP contribution is 2.52. The van der Waals surface area contributed by atoms with E-state index in [-0.39, 0.29) is 13.2 Å². The molecule has 0 radical (unpaired) electrons. The smallest absolute Gasteiger partial charge is 0.143 e. The quantitative estimate of drug-likeness (QED) is 0.136. The van der Waals surface area contributed by atoms with Gasteiger partial charge in [0.05, 0.1) is 13.2 Å². The molecule has 14 aromatic rings. The molecule has 2 N–H and O–H groups in total. The van der Waals surface area contributed by atoms with Crippen molar-refractivity contribution in [3.8, 4) is 78.6 Å². The minimum Gasteiger partial charge on any atom is -0.455 e. The summed E-state index contributed by atoms with van der Waals surface area (Å²) in [6.07, 6.45) is 0. The lowest BCUT2D eigenvalue weighted by Gasteiger charge is -2.23. The normalized spacial score (nSPS) is 11.6. The standard InChI is InChI=1S/C74H50O4/c75-45-59-43-67(49-17-3-1-4-18-49)73(65-25-13-11-23-61(59)65)77-69-37-33-57-41-55(53-29-27-47-15-7-9-21-51(47)39-53)31-35-63(57)71(69)72-64-36-32-56(54-30-28-48-16-8-10-22-52(48)40-54)42-58(64)34-38-70(72)78-74-66-26-14-12-24-62(66)60(46-76)44-68(74)50-19-5-2-6-20-50/h1-44,75-76H,45-46H2. The number of benzene rings is 14. The predicted molar refractivity (Wildman–Crippen MR) is 324 cm³/mol.